The molecule has 2 saturated heterocycles. The van der Waals surface area contributed by atoms with E-state index in [9.17, 15) is 0 Å². The second kappa shape index (κ2) is 5.12. The van der Waals surface area contributed by atoms with E-state index < -0.39 is 16.6 Å². The fraction of sp³-hybridized carbons (Fsp3) is 1.00. The summed E-state index contributed by atoms with van der Waals surface area (Å²) in [5.74, 6) is 0. The standard InChI is InChI=1S/C6H14OSi.C5H12OSi/c1-6-4-5-7-8(6,2)3;1-7(2)5-3-4-6-7/h6H,4-5H2,1-3H3;3-5H2,1-2H3. The van der Waals surface area contributed by atoms with Crippen LogP contribution in [-0.4, -0.2) is 29.8 Å². The first-order valence-corrected chi connectivity index (χ1v) is 12.2. The van der Waals surface area contributed by atoms with Gasteiger partial charge in [0.1, 0.15) is 0 Å². The summed E-state index contributed by atoms with van der Waals surface area (Å²) in [5, 5.41) is 0. The lowest BCUT2D eigenvalue weighted by Gasteiger charge is -2.17. The zero-order valence-electron chi connectivity index (χ0n) is 10.9. The summed E-state index contributed by atoms with van der Waals surface area (Å²) in [5.41, 5.74) is 0.877. The molecule has 2 nitrogen and oxygen atoms in total. The van der Waals surface area contributed by atoms with Gasteiger partial charge in [-0.25, -0.2) is 0 Å². The van der Waals surface area contributed by atoms with Crippen molar-refractivity contribution in [2.75, 3.05) is 13.2 Å². The highest BCUT2D eigenvalue weighted by Crippen LogP contribution is 2.31. The molecule has 0 bridgehead atoms. The Hall–Kier alpha value is 0.354. The predicted octanol–water partition coefficient (Wildman–Crippen LogP) is 3.61. The van der Waals surface area contributed by atoms with Gasteiger partial charge in [0.2, 0.25) is 0 Å². The Morgan fingerprint density at radius 1 is 1.00 bits per heavy atom. The van der Waals surface area contributed by atoms with Gasteiger partial charge in [0.25, 0.3) is 0 Å². The minimum absolute atomic E-state index is 0.877. The molecule has 0 N–H and O–H groups in total. The van der Waals surface area contributed by atoms with Crippen molar-refractivity contribution in [1.82, 2.24) is 0 Å². The second-order valence-corrected chi connectivity index (χ2v) is 14.6. The van der Waals surface area contributed by atoms with E-state index in [0.29, 0.717) is 0 Å². The molecule has 1 atom stereocenters. The maximum Gasteiger partial charge on any atom is 0.189 e. The van der Waals surface area contributed by atoms with Crippen LogP contribution in [0, 0.1) is 0 Å². The fourth-order valence-corrected chi connectivity index (χ4v) is 5.49. The Balaban J connectivity index is 0.000000151. The molecular weight excluding hydrogens is 220 g/mol. The molecule has 2 rings (SSSR count). The van der Waals surface area contributed by atoms with Crippen molar-refractivity contribution in [3.63, 3.8) is 0 Å². The molecule has 15 heavy (non-hydrogen) atoms. The molecule has 0 radical (unpaired) electrons. The van der Waals surface area contributed by atoms with E-state index in [0.717, 1.165) is 18.8 Å². The van der Waals surface area contributed by atoms with Crippen molar-refractivity contribution in [3.8, 4) is 0 Å². The maximum atomic E-state index is 5.59. The highest BCUT2D eigenvalue weighted by atomic mass is 28.4. The SMILES string of the molecule is CC1CCO[Si]1(C)C.C[Si]1(C)CCCO1. The third-order valence-electron chi connectivity index (χ3n) is 3.63. The summed E-state index contributed by atoms with van der Waals surface area (Å²) in [7, 11) is -2.18. The van der Waals surface area contributed by atoms with Crippen molar-refractivity contribution in [1.29, 1.82) is 0 Å². The van der Waals surface area contributed by atoms with E-state index in [4.69, 9.17) is 8.85 Å². The van der Waals surface area contributed by atoms with Gasteiger partial charge in [0, 0.05) is 13.2 Å². The maximum absolute atomic E-state index is 5.59. The van der Waals surface area contributed by atoms with Gasteiger partial charge in [0.05, 0.1) is 0 Å². The van der Waals surface area contributed by atoms with Crippen LogP contribution in [-0.2, 0) is 8.85 Å². The van der Waals surface area contributed by atoms with Gasteiger partial charge in [0.15, 0.2) is 16.6 Å². The van der Waals surface area contributed by atoms with Gasteiger partial charge in [-0.15, -0.1) is 0 Å². The van der Waals surface area contributed by atoms with Gasteiger partial charge in [-0.2, -0.15) is 0 Å². The zero-order chi connectivity index (χ0) is 11.5. The van der Waals surface area contributed by atoms with Gasteiger partial charge < -0.3 is 8.85 Å². The summed E-state index contributed by atoms with van der Waals surface area (Å²) < 4.78 is 11.1. The number of rotatable bonds is 0. The van der Waals surface area contributed by atoms with E-state index in [2.05, 4.69) is 33.1 Å². The summed E-state index contributed by atoms with van der Waals surface area (Å²) in [6, 6.07) is 1.37. The van der Waals surface area contributed by atoms with Crippen LogP contribution in [0.25, 0.3) is 0 Å². The largest absolute Gasteiger partial charge is 0.417 e. The van der Waals surface area contributed by atoms with Crippen LogP contribution in [0.5, 0.6) is 0 Å². The van der Waals surface area contributed by atoms with Crippen LogP contribution < -0.4 is 0 Å². The van der Waals surface area contributed by atoms with Gasteiger partial charge in [-0.3, -0.25) is 0 Å². The quantitative estimate of drug-likeness (QED) is 0.608. The highest BCUT2D eigenvalue weighted by Gasteiger charge is 2.34. The first-order valence-electron chi connectivity index (χ1n) is 6.11. The van der Waals surface area contributed by atoms with Crippen LogP contribution in [0.4, 0.5) is 0 Å². The van der Waals surface area contributed by atoms with Crippen LogP contribution >= 0.6 is 0 Å². The van der Waals surface area contributed by atoms with Crippen molar-refractivity contribution in [3.05, 3.63) is 0 Å². The topological polar surface area (TPSA) is 18.5 Å². The first-order chi connectivity index (χ1) is 6.83. The van der Waals surface area contributed by atoms with Crippen LogP contribution in [0.1, 0.15) is 19.8 Å². The minimum Gasteiger partial charge on any atom is -0.417 e. The van der Waals surface area contributed by atoms with Crippen LogP contribution in [0.2, 0.25) is 37.8 Å². The molecular formula is C11H26O2Si2. The molecule has 0 aliphatic carbocycles. The molecule has 0 aromatic carbocycles. The smallest absolute Gasteiger partial charge is 0.189 e. The molecule has 0 aromatic heterocycles. The minimum atomic E-state index is -1.14. The Kier molecular flexibility index (Phi) is 4.58. The van der Waals surface area contributed by atoms with E-state index in [-0.39, 0.29) is 0 Å². The molecule has 0 spiro atoms. The van der Waals surface area contributed by atoms with Crippen molar-refractivity contribution >= 4 is 16.6 Å². The normalized spacial score (nSPS) is 32.2. The summed E-state index contributed by atoms with van der Waals surface area (Å²) in [6.45, 7) is 13.5. The van der Waals surface area contributed by atoms with E-state index in [1.807, 2.05) is 0 Å². The van der Waals surface area contributed by atoms with Gasteiger partial charge >= 0.3 is 0 Å². The Morgan fingerprint density at radius 2 is 1.67 bits per heavy atom. The molecule has 0 amide bonds. The lowest BCUT2D eigenvalue weighted by molar-refractivity contribution is 0.350. The number of hydrogen-bond donors (Lipinski definition) is 0. The lowest BCUT2D eigenvalue weighted by atomic mass is 10.4. The molecule has 2 fully saturated rings. The molecule has 0 saturated carbocycles. The van der Waals surface area contributed by atoms with Crippen molar-refractivity contribution in [2.24, 2.45) is 0 Å². The average molecular weight is 246 g/mol. The van der Waals surface area contributed by atoms with Crippen molar-refractivity contribution < 1.29 is 8.85 Å². The van der Waals surface area contributed by atoms with E-state index in [1.165, 1.54) is 18.9 Å². The summed E-state index contributed by atoms with van der Waals surface area (Å²) in [4.78, 5) is 0. The van der Waals surface area contributed by atoms with Crippen molar-refractivity contribution in [2.45, 2.75) is 57.5 Å². The molecule has 90 valence electrons. The monoisotopic (exact) mass is 246 g/mol. The second-order valence-electron chi connectivity index (χ2n) is 5.85. The lowest BCUT2D eigenvalue weighted by Crippen LogP contribution is -2.27. The third kappa shape index (κ3) is 4.38. The Labute approximate surface area is 96.6 Å². The first kappa shape index (κ1) is 13.4. The zero-order valence-corrected chi connectivity index (χ0v) is 12.9. The molecule has 2 heterocycles. The average Bonchev–Trinajstić information content (AvgIpc) is 2.61. The molecule has 0 aromatic rings. The van der Waals surface area contributed by atoms with Gasteiger partial charge in [-0.1, -0.05) is 6.92 Å². The summed E-state index contributed by atoms with van der Waals surface area (Å²) >= 11 is 0. The predicted molar refractivity (Wildman–Crippen MR) is 70.3 cm³/mol. The molecule has 2 aliphatic rings. The fourth-order valence-electron chi connectivity index (χ4n) is 1.91. The van der Waals surface area contributed by atoms with E-state index >= 15 is 0 Å². The van der Waals surface area contributed by atoms with Crippen LogP contribution in [0.3, 0.4) is 0 Å². The molecule has 1 unspecified atom stereocenters. The van der Waals surface area contributed by atoms with Gasteiger partial charge in [-0.05, 0) is 50.6 Å². The molecule has 4 heteroatoms. The van der Waals surface area contributed by atoms with E-state index in [1.54, 1.807) is 0 Å². The van der Waals surface area contributed by atoms with Crippen LogP contribution in [0.15, 0.2) is 0 Å². The Morgan fingerprint density at radius 3 is 1.80 bits per heavy atom. The number of hydrogen-bond acceptors (Lipinski definition) is 2. The highest BCUT2D eigenvalue weighted by molar-refractivity contribution is 6.73. The Bertz CT molecular complexity index is 197. The summed E-state index contributed by atoms with van der Waals surface area (Å²) in [6.07, 6.45) is 2.60. The third-order valence-corrected chi connectivity index (χ3v) is 9.78. The molecule has 2 aliphatic heterocycles.